The Balaban J connectivity index is 2.47. The molecule has 1 amide bonds. The maximum Gasteiger partial charge on any atom is 0.237 e. The standard InChI is InChI=1S/C11H15FN2O2/c12-9-3-1-8(2-4-9)7-10(13)11(16)14-5-6-15/h1-4,10,15H,5-7,13H2,(H,14,16). The minimum Gasteiger partial charge on any atom is -0.395 e. The smallest absolute Gasteiger partial charge is 0.237 e. The monoisotopic (exact) mass is 226 g/mol. The van der Waals surface area contributed by atoms with Gasteiger partial charge in [-0.05, 0) is 24.1 Å². The summed E-state index contributed by atoms with van der Waals surface area (Å²) in [6.07, 6.45) is 0.345. The molecular weight excluding hydrogens is 211 g/mol. The van der Waals surface area contributed by atoms with Crippen LogP contribution in [0.3, 0.4) is 0 Å². The summed E-state index contributed by atoms with van der Waals surface area (Å²) < 4.78 is 12.6. The van der Waals surface area contributed by atoms with E-state index in [1.165, 1.54) is 12.1 Å². The fraction of sp³-hybridized carbons (Fsp3) is 0.364. The van der Waals surface area contributed by atoms with Crippen LogP contribution in [0, 0.1) is 5.82 Å². The molecule has 0 saturated heterocycles. The third-order valence-corrected chi connectivity index (χ3v) is 2.12. The molecule has 0 aliphatic heterocycles. The molecule has 0 spiro atoms. The highest BCUT2D eigenvalue weighted by Gasteiger charge is 2.13. The molecule has 1 rings (SSSR count). The van der Waals surface area contributed by atoms with Crippen LogP contribution >= 0.6 is 0 Å². The number of aliphatic hydroxyl groups is 1. The van der Waals surface area contributed by atoms with Gasteiger partial charge in [0.25, 0.3) is 0 Å². The van der Waals surface area contributed by atoms with Crippen molar-refractivity contribution in [3.05, 3.63) is 35.6 Å². The fourth-order valence-electron chi connectivity index (χ4n) is 1.28. The summed E-state index contributed by atoms with van der Waals surface area (Å²) >= 11 is 0. The number of aliphatic hydroxyl groups excluding tert-OH is 1. The van der Waals surface area contributed by atoms with Gasteiger partial charge in [0.1, 0.15) is 5.82 Å². The Morgan fingerprint density at radius 3 is 2.62 bits per heavy atom. The van der Waals surface area contributed by atoms with E-state index >= 15 is 0 Å². The van der Waals surface area contributed by atoms with Gasteiger partial charge >= 0.3 is 0 Å². The van der Waals surface area contributed by atoms with Gasteiger partial charge in [0, 0.05) is 6.54 Å². The van der Waals surface area contributed by atoms with Crippen molar-refractivity contribution < 1.29 is 14.3 Å². The molecule has 1 unspecified atom stereocenters. The third kappa shape index (κ3) is 3.96. The maximum atomic E-state index is 12.6. The van der Waals surface area contributed by atoms with Gasteiger partial charge in [-0.15, -0.1) is 0 Å². The molecule has 4 nitrogen and oxygen atoms in total. The van der Waals surface area contributed by atoms with E-state index in [0.29, 0.717) is 6.42 Å². The first-order valence-electron chi connectivity index (χ1n) is 5.02. The van der Waals surface area contributed by atoms with E-state index in [4.69, 9.17) is 10.8 Å². The van der Waals surface area contributed by atoms with Crippen LogP contribution in [0.2, 0.25) is 0 Å². The molecule has 0 saturated carbocycles. The van der Waals surface area contributed by atoms with Crippen molar-refractivity contribution in [2.75, 3.05) is 13.2 Å². The second kappa shape index (κ2) is 6.19. The van der Waals surface area contributed by atoms with E-state index < -0.39 is 6.04 Å². The van der Waals surface area contributed by atoms with E-state index in [1.807, 2.05) is 0 Å². The predicted octanol–water partition coefficient (Wildman–Crippen LogP) is -0.196. The molecular formula is C11H15FN2O2. The van der Waals surface area contributed by atoms with Gasteiger partial charge in [-0.2, -0.15) is 0 Å². The maximum absolute atomic E-state index is 12.6. The van der Waals surface area contributed by atoms with Gasteiger partial charge in [-0.3, -0.25) is 4.79 Å². The number of carbonyl (C=O) groups is 1. The molecule has 88 valence electrons. The Bertz CT molecular complexity index is 340. The van der Waals surface area contributed by atoms with Crippen molar-refractivity contribution in [1.29, 1.82) is 0 Å². The Morgan fingerprint density at radius 2 is 2.06 bits per heavy atom. The third-order valence-electron chi connectivity index (χ3n) is 2.12. The molecule has 4 N–H and O–H groups in total. The van der Waals surface area contributed by atoms with E-state index in [-0.39, 0.29) is 24.9 Å². The topological polar surface area (TPSA) is 75.4 Å². The minimum atomic E-state index is -0.683. The van der Waals surface area contributed by atoms with Crippen LogP contribution in [0.25, 0.3) is 0 Å². The Morgan fingerprint density at radius 1 is 1.44 bits per heavy atom. The number of nitrogens with one attached hydrogen (secondary N) is 1. The van der Waals surface area contributed by atoms with E-state index in [9.17, 15) is 9.18 Å². The number of benzene rings is 1. The molecule has 0 aliphatic rings. The fourth-order valence-corrected chi connectivity index (χ4v) is 1.28. The first kappa shape index (κ1) is 12.6. The largest absolute Gasteiger partial charge is 0.395 e. The van der Waals surface area contributed by atoms with Crippen LogP contribution in [0.1, 0.15) is 5.56 Å². The number of carbonyl (C=O) groups excluding carboxylic acids is 1. The van der Waals surface area contributed by atoms with Crippen molar-refractivity contribution in [2.45, 2.75) is 12.5 Å². The van der Waals surface area contributed by atoms with Crippen LogP contribution in [0.4, 0.5) is 4.39 Å². The summed E-state index contributed by atoms with van der Waals surface area (Å²) in [7, 11) is 0. The number of rotatable bonds is 5. The lowest BCUT2D eigenvalue weighted by Gasteiger charge is -2.11. The summed E-state index contributed by atoms with van der Waals surface area (Å²) in [5.74, 6) is -0.638. The summed E-state index contributed by atoms with van der Waals surface area (Å²) in [4.78, 5) is 11.4. The molecule has 0 fully saturated rings. The second-order valence-electron chi connectivity index (χ2n) is 3.45. The zero-order chi connectivity index (χ0) is 12.0. The van der Waals surface area contributed by atoms with Crippen molar-refractivity contribution in [3.63, 3.8) is 0 Å². The Labute approximate surface area is 93.3 Å². The number of hydrogen-bond donors (Lipinski definition) is 3. The van der Waals surface area contributed by atoms with E-state index in [2.05, 4.69) is 5.32 Å². The van der Waals surface area contributed by atoms with Gasteiger partial charge in [-0.25, -0.2) is 4.39 Å². The highest BCUT2D eigenvalue weighted by atomic mass is 19.1. The minimum absolute atomic E-state index is 0.116. The highest BCUT2D eigenvalue weighted by molar-refractivity contribution is 5.81. The quantitative estimate of drug-likeness (QED) is 0.651. The molecule has 0 radical (unpaired) electrons. The average Bonchev–Trinajstić information content (AvgIpc) is 2.29. The number of hydrogen-bond acceptors (Lipinski definition) is 3. The summed E-state index contributed by atoms with van der Waals surface area (Å²) in [6, 6.07) is 5.15. The van der Waals surface area contributed by atoms with Gasteiger partial charge in [0.05, 0.1) is 12.6 Å². The first-order chi connectivity index (χ1) is 7.63. The van der Waals surface area contributed by atoms with Crippen LogP contribution < -0.4 is 11.1 Å². The zero-order valence-corrected chi connectivity index (χ0v) is 8.82. The molecule has 0 bridgehead atoms. The average molecular weight is 226 g/mol. The number of nitrogens with two attached hydrogens (primary N) is 1. The van der Waals surface area contributed by atoms with Crippen molar-refractivity contribution >= 4 is 5.91 Å². The SMILES string of the molecule is NC(Cc1ccc(F)cc1)C(=O)NCCO. The highest BCUT2D eigenvalue weighted by Crippen LogP contribution is 2.04. The first-order valence-corrected chi connectivity index (χ1v) is 5.02. The summed E-state index contributed by atoms with van der Waals surface area (Å²) in [6.45, 7) is 0.0744. The van der Waals surface area contributed by atoms with Crippen LogP contribution in [-0.4, -0.2) is 30.2 Å². The summed E-state index contributed by atoms with van der Waals surface area (Å²) in [5, 5.41) is 11.0. The van der Waals surface area contributed by atoms with E-state index in [1.54, 1.807) is 12.1 Å². The van der Waals surface area contributed by atoms with E-state index in [0.717, 1.165) is 5.56 Å². The summed E-state index contributed by atoms with van der Waals surface area (Å²) in [5.41, 5.74) is 6.44. The molecule has 0 aliphatic carbocycles. The van der Waals surface area contributed by atoms with Gasteiger partial charge in [-0.1, -0.05) is 12.1 Å². The van der Waals surface area contributed by atoms with Crippen molar-refractivity contribution in [2.24, 2.45) is 5.73 Å². The normalized spacial score (nSPS) is 12.2. The second-order valence-corrected chi connectivity index (χ2v) is 3.45. The molecule has 1 aromatic rings. The van der Waals surface area contributed by atoms with Gasteiger partial charge < -0.3 is 16.2 Å². The van der Waals surface area contributed by atoms with Crippen LogP contribution in [0.15, 0.2) is 24.3 Å². The molecule has 0 aromatic heterocycles. The molecule has 5 heteroatoms. The zero-order valence-electron chi connectivity index (χ0n) is 8.82. The number of halogens is 1. The predicted molar refractivity (Wildman–Crippen MR) is 58.2 cm³/mol. The van der Waals surface area contributed by atoms with Gasteiger partial charge in [0.15, 0.2) is 0 Å². The molecule has 1 atom stereocenters. The number of amides is 1. The molecule has 0 heterocycles. The molecule has 16 heavy (non-hydrogen) atoms. The van der Waals surface area contributed by atoms with Gasteiger partial charge in [0.2, 0.25) is 5.91 Å². The lowest BCUT2D eigenvalue weighted by molar-refractivity contribution is -0.122. The lowest BCUT2D eigenvalue weighted by atomic mass is 10.1. The van der Waals surface area contributed by atoms with Crippen LogP contribution in [0.5, 0.6) is 0 Å². The Kier molecular flexibility index (Phi) is 4.88. The van der Waals surface area contributed by atoms with Crippen LogP contribution in [-0.2, 0) is 11.2 Å². The molecule has 1 aromatic carbocycles. The van der Waals surface area contributed by atoms with Crippen molar-refractivity contribution in [1.82, 2.24) is 5.32 Å². The lowest BCUT2D eigenvalue weighted by Crippen LogP contribution is -2.42. The Hall–Kier alpha value is -1.46. The van der Waals surface area contributed by atoms with Crippen molar-refractivity contribution in [3.8, 4) is 0 Å².